The number of hydrogen-bond acceptors (Lipinski definition) is 10. The van der Waals surface area contributed by atoms with Gasteiger partial charge in [-0.2, -0.15) is 28.2 Å². The number of carboxylic acid groups (broad SMARTS) is 1. The molecule has 2 aliphatic rings. The summed E-state index contributed by atoms with van der Waals surface area (Å²) in [6, 6.07) is 13.4. The molecule has 2 aromatic carbocycles. The standard InChI is InChI=1S/C34H36F3N7O5/c1-3-48-31(47)23-7-5-4-6-22(23)21-8-9-26(44-13-10-20(2)42-44)24(16-21)29(34(35,36)37)49-28-17-27(40-32(38)41-28)43-14-11-33(12-15-43)18-25(30(45)46)39-19-33/h4-10,13,16-17,25,29,39H,3,11-12,14-15,18-19H2,1-2H3,(H,45,46)(H2,38,40,41)/t25?,29-/m1/s1. The number of carboxylic acids is 1. The number of ether oxygens (including phenoxy) is 2. The van der Waals surface area contributed by atoms with Crippen molar-refractivity contribution < 1.29 is 37.3 Å². The fourth-order valence-electron chi connectivity index (χ4n) is 6.57. The van der Waals surface area contributed by atoms with Gasteiger partial charge in [0.15, 0.2) is 0 Å². The van der Waals surface area contributed by atoms with E-state index >= 15 is 13.2 Å². The Morgan fingerprint density at radius 3 is 2.53 bits per heavy atom. The van der Waals surface area contributed by atoms with Crippen LogP contribution in [0.1, 0.15) is 53.9 Å². The second-order valence-electron chi connectivity index (χ2n) is 12.4. The number of benzene rings is 2. The lowest BCUT2D eigenvalue weighted by molar-refractivity contribution is -0.198. The Morgan fingerprint density at radius 1 is 1.12 bits per heavy atom. The van der Waals surface area contributed by atoms with E-state index in [4.69, 9.17) is 15.2 Å². The summed E-state index contributed by atoms with van der Waals surface area (Å²) in [4.78, 5) is 34.4. The molecule has 0 aliphatic carbocycles. The minimum atomic E-state index is -4.93. The van der Waals surface area contributed by atoms with Crippen LogP contribution in [0.3, 0.4) is 0 Å². The molecule has 0 radical (unpaired) electrons. The molecule has 1 spiro atoms. The maximum absolute atomic E-state index is 15.1. The number of halogens is 3. The summed E-state index contributed by atoms with van der Waals surface area (Å²) in [6.45, 7) is 5.09. The van der Waals surface area contributed by atoms with Gasteiger partial charge in [0.2, 0.25) is 17.9 Å². The number of nitrogens with one attached hydrogen (secondary N) is 1. The first-order valence-corrected chi connectivity index (χ1v) is 15.9. The van der Waals surface area contributed by atoms with Gasteiger partial charge in [0.05, 0.1) is 23.6 Å². The maximum Gasteiger partial charge on any atom is 0.429 e. The highest BCUT2D eigenvalue weighted by Gasteiger charge is 2.46. The molecule has 0 saturated carbocycles. The van der Waals surface area contributed by atoms with Crippen LogP contribution >= 0.6 is 0 Å². The van der Waals surface area contributed by atoms with E-state index in [2.05, 4.69) is 20.4 Å². The van der Waals surface area contributed by atoms with Crippen LogP contribution in [0.15, 0.2) is 60.8 Å². The number of rotatable bonds is 9. The number of piperidine rings is 1. The highest BCUT2D eigenvalue weighted by Crippen LogP contribution is 2.43. The normalized spacial score (nSPS) is 18.0. The monoisotopic (exact) mass is 679 g/mol. The molecular formula is C34H36F3N7O5. The van der Waals surface area contributed by atoms with E-state index in [1.807, 2.05) is 4.90 Å². The van der Waals surface area contributed by atoms with E-state index < -0.39 is 30.3 Å². The summed E-state index contributed by atoms with van der Waals surface area (Å²) in [5.74, 6) is -1.82. The minimum absolute atomic E-state index is 0.112. The number of hydrogen-bond donors (Lipinski definition) is 3. The number of nitrogens with two attached hydrogens (primary N) is 1. The van der Waals surface area contributed by atoms with Gasteiger partial charge in [-0.1, -0.05) is 24.3 Å². The zero-order chi connectivity index (χ0) is 34.9. The van der Waals surface area contributed by atoms with Crippen molar-refractivity contribution in [3.8, 4) is 22.7 Å². The minimum Gasteiger partial charge on any atom is -0.480 e. The number of aromatic nitrogens is 4. The van der Waals surface area contributed by atoms with Gasteiger partial charge in [-0.15, -0.1) is 0 Å². The first-order chi connectivity index (χ1) is 23.4. The van der Waals surface area contributed by atoms with Crippen molar-refractivity contribution in [1.82, 2.24) is 25.1 Å². The maximum atomic E-state index is 15.1. The van der Waals surface area contributed by atoms with Crippen molar-refractivity contribution in [3.63, 3.8) is 0 Å². The molecule has 6 rings (SSSR count). The summed E-state index contributed by atoms with van der Waals surface area (Å²) < 4.78 is 57.5. The fourth-order valence-corrected chi connectivity index (χ4v) is 6.57. The molecule has 4 N–H and O–H groups in total. The number of nitrogens with zero attached hydrogens (tertiary/aromatic N) is 5. The molecular weight excluding hydrogens is 643 g/mol. The SMILES string of the molecule is CCOC(=O)c1ccccc1-c1ccc(-n2ccc(C)n2)c([C@@H](Oc2cc(N3CCC4(CC3)CNC(C(=O)O)C4)nc(N)n2)C(F)(F)F)c1. The largest absolute Gasteiger partial charge is 0.480 e. The van der Waals surface area contributed by atoms with Crippen LogP contribution in [-0.2, 0) is 9.53 Å². The van der Waals surface area contributed by atoms with Gasteiger partial charge < -0.3 is 30.5 Å². The Kier molecular flexibility index (Phi) is 9.20. The molecule has 258 valence electrons. The van der Waals surface area contributed by atoms with E-state index in [1.54, 1.807) is 56.4 Å². The van der Waals surface area contributed by atoms with Gasteiger partial charge in [0.1, 0.15) is 11.9 Å². The molecule has 49 heavy (non-hydrogen) atoms. The Labute approximate surface area is 280 Å². The summed E-state index contributed by atoms with van der Waals surface area (Å²) >= 11 is 0. The molecule has 2 atom stereocenters. The van der Waals surface area contributed by atoms with Gasteiger partial charge in [0, 0.05) is 37.5 Å². The Bertz CT molecular complexity index is 1860. The first kappa shape index (κ1) is 33.7. The van der Waals surface area contributed by atoms with Crippen molar-refractivity contribution in [2.24, 2.45) is 5.41 Å². The number of carbonyl (C=O) groups excluding carboxylic acids is 1. The zero-order valence-corrected chi connectivity index (χ0v) is 26.9. The summed E-state index contributed by atoms with van der Waals surface area (Å²) in [6.07, 6.45) is -4.06. The Balaban J connectivity index is 1.35. The molecule has 2 saturated heterocycles. The number of aliphatic carboxylic acids is 1. The first-order valence-electron chi connectivity index (χ1n) is 15.9. The Morgan fingerprint density at radius 2 is 1.88 bits per heavy atom. The average molecular weight is 680 g/mol. The number of esters is 1. The average Bonchev–Trinajstić information content (AvgIpc) is 3.69. The van der Waals surface area contributed by atoms with Crippen LogP contribution in [0, 0.1) is 12.3 Å². The summed E-state index contributed by atoms with van der Waals surface area (Å²) in [7, 11) is 0. The van der Waals surface area contributed by atoms with E-state index in [9.17, 15) is 14.7 Å². The highest BCUT2D eigenvalue weighted by atomic mass is 19.4. The second kappa shape index (κ2) is 13.4. The lowest BCUT2D eigenvalue weighted by Gasteiger charge is -2.39. The topological polar surface area (TPSA) is 158 Å². The van der Waals surface area contributed by atoms with Gasteiger partial charge in [-0.25, -0.2) is 9.48 Å². The molecule has 2 fully saturated rings. The molecule has 2 aliphatic heterocycles. The number of aryl methyl sites for hydroxylation is 1. The Hall–Kier alpha value is -5.18. The molecule has 0 bridgehead atoms. The van der Waals surface area contributed by atoms with Crippen LogP contribution in [0.2, 0.25) is 0 Å². The van der Waals surface area contributed by atoms with Crippen molar-refractivity contribution in [1.29, 1.82) is 0 Å². The fraction of sp³-hybridized carbons (Fsp3) is 0.382. The molecule has 15 heteroatoms. The van der Waals surface area contributed by atoms with Crippen LogP contribution in [-0.4, -0.2) is 75.3 Å². The predicted octanol–water partition coefficient (Wildman–Crippen LogP) is 5.11. The van der Waals surface area contributed by atoms with E-state index in [0.29, 0.717) is 61.5 Å². The van der Waals surface area contributed by atoms with E-state index in [-0.39, 0.29) is 40.7 Å². The summed E-state index contributed by atoms with van der Waals surface area (Å²) in [5, 5.41) is 16.8. The van der Waals surface area contributed by atoms with Crippen molar-refractivity contribution in [3.05, 3.63) is 77.6 Å². The molecule has 4 aromatic rings. The number of nitrogen functional groups attached to an aromatic ring is 1. The molecule has 4 heterocycles. The van der Waals surface area contributed by atoms with Crippen LogP contribution in [0.25, 0.3) is 16.8 Å². The van der Waals surface area contributed by atoms with Crippen molar-refractivity contribution >= 4 is 23.7 Å². The van der Waals surface area contributed by atoms with Crippen molar-refractivity contribution in [2.45, 2.75) is 51.4 Å². The second-order valence-corrected chi connectivity index (χ2v) is 12.4. The number of anilines is 2. The number of alkyl halides is 3. The van der Waals surface area contributed by atoms with Crippen molar-refractivity contribution in [2.75, 3.05) is 36.9 Å². The summed E-state index contributed by atoms with van der Waals surface area (Å²) in [5.41, 5.74) is 7.18. The van der Waals surface area contributed by atoms with Gasteiger partial charge in [-0.3, -0.25) is 4.79 Å². The lowest BCUT2D eigenvalue weighted by Crippen LogP contribution is -2.41. The third-order valence-electron chi connectivity index (χ3n) is 9.06. The van der Waals surface area contributed by atoms with Crippen LogP contribution in [0.5, 0.6) is 5.88 Å². The zero-order valence-electron chi connectivity index (χ0n) is 26.9. The van der Waals surface area contributed by atoms with Crippen LogP contribution in [0.4, 0.5) is 24.9 Å². The van der Waals surface area contributed by atoms with Gasteiger partial charge >= 0.3 is 18.1 Å². The molecule has 1 unspecified atom stereocenters. The number of carbonyl (C=O) groups is 2. The van der Waals surface area contributed by atoms with E-state index in [0.717, 1.165) is 0 Å². The molecule has 0 amide bonds. The van der Waals surface area contributed by atoms with Crippen LogP contribution < -0.4 is 20.7 Å². The third kappa shape index (κ3) is 7.16. The predicted molar refractivity (Wildman–Crippen MR) is 173 cm³/mol. The smallest absolute Gasteiger partial charge is 0.429 e. The lowest BCUT2D eigenvalue weighted by atomic mass is 9.76. The quantitative estimate of drug-likeness (QED) is 0.202. The third-order valence-corrected chi connectivity index (χ3v) is 9.06. The van der Waals surface area contributed by atoms with Gasteiger partial charge in [-0.05, 0) is 73.9 Å². The van der Waals surface area contributed by atoms with Gasteiger partial charge in [0.25, 0.3) is 0 Å². The highest BCUT2D eigenvalue weighted by molar-refractivity contribution is 5.97. The molecule has 2 aromatic heterocycles. The molecule has 12 nitrogen and oxygen atoms in total. The van der Waals surface area contributed by atoms with E-state index in [1.165, 1.54) is 22.9 Å².